The molecule has 4 aliphatic rings. The number of halogens is 4. The number of amides is 4. The SMILES string of the molecule is CN/C1=C(\C=N)c2cc(cc(C)n2)C(=O)/N=C2\Nc3ccc(C(=O)N[C@@H]4CCN(CCc5cc(F)c([C@H]6CCC(=O)NC6=O)c(F)c5)CC4(F)F)cc3N2C[C@H](C)CCCO1. The van der Waals surface area contributed by atoms with Gasteiger partial charge in [-0.1, -0.05) is 6.92 Å². The summed E-state index contributed by atoms with van der Waals surface area (Å²) in [7, 11) is 1.68. The van der Waals surface area contributed by atoms with E-state index < -0.39 is 65.3 Å². The summed E-state index contributed by atoms with van der Waals surface area (Å²) >= 11 is 0. The second kappa shape index (κ2) is 17.8. The minimum atomic E-state index is -3.33. The highest BCUT2D eigenvalue weighted by molar-refractivity contribution is 6.20. The van der Waals surface area contributed by atoms with Gasteiger partial charge in [-0.25, -0.2) is 17.6 Å². The monoisotopic (exact) mass is 845 g/mol. The standard InChI is InChI=1S/C43H47F4N9O5/c1-23-5-4-14-61-41(49-3)29(20-48)33-18-27(15-24(2)50-33)39(59)54-42-51-32-8-6-26(19-34(32)56(42)21-23)38(58)52-35-11-13-55(22-43(35,46)47)12-10-25-16-30(44)37(31(45)17-25)28-7-9-36(57)53-40(28)60/h6,8,15-20,23,28,35,48-49H,4-5,7,9-14,21-22H2,1-3H3,(H,52,58)(H,51,54,59)(H,53,57,60)/b41-29-,48-20?/t23-,28-,35-/m1/s1. The number of aromatic nitrogens is 1. The van der Waals surface area contributed by atoms with Gasteiger partial charge in [0.05, 0.1) is 47.8 Å². The largest absolute Gasteiger partial charge is 0.479 e. The summed E-state index contributed by atoms with van der Waals surface area (Å²) < 4.78 is 67.4. The summed E-state index contributed by atoms with van der Waals surface area (Å²) in [5, 5.41) is 18.8. The van der Waals surface area contributed by atoms with Crippen LogP contribution in [0.3, 0.4) is 0 Å². The molecule has 7 rings (SSSR count). The molecule has 18 heteroatoms. The van der Waals surface area contributed by atoms with Crippen molar-refractivity contribution >= 4 is 52.8 Å². The third-order valence-electron chi connectivity index (χ3n) is 11.4. The maximum atomic E-state index is 15.6. The number of guanidine groups is 1. The smallest absolute Gasteiger partial charge is 0.280 e. The maximum Gasteiger partial charge on any atom is 0.280 e. The van der Waals surface area contributed by atoms with Gasteiger partial charge in [-0.3, -0.25) is 34.4 Å². The highest BCUT2D eigenvalue weighted by atomic mass is 19.3. The van der Waals surface area contributed by atoms with Crippen molar-refractivity contribution in [2.24, 2.45) is 10.9 Å². The van der Waals surface area contributed by atoms with Crippen LogP contribution in [0.5, 0.6) is 0 Å². The van der Waals surface area contributed by atoms with Gasteiger partial charge in [0.25, 0.3) is 17.7 Å². The minimum absolute atomic E-state index is 0.0200. The van der Waals surface area contributed by atoms with Gasteiger partial charge in [-0.05, 0) is 93.0 Å². The normalized spacial score (nSPS) is 24.1. The summed E-state index contributed by atoms with van der Waals surface area (Å²) in [4.78, 5) is 63.3. The Balaban J connectivity index is 1.03. The average molecular weight is 846 g/mol. The first-order chi connectivity index (χ1) is 29.1. The fourth-order valence-corrected chi connectivity index (χ4v) is 8.21. The van der Waals surface area contributed by atoms with Crippen molar-refractivity contribution < 1.29 is 41.5 Å². The molecule has 5 N–H and O–H groups in total. The number of carbonyl (C=O) groups is 4. The zero-order valence-electron chi connectivity index (χ0n) is 34.0. The van der Waals surface area contributed by atoms with Crippen LogP contribution in [0.2, 0.25) is 0 Å². The number of rotatable bonds is 8. The maximum absolute atomic E-state index is 15.6. The molecule has 14 nitrogen and oxygen atoms in total. The number of pyridine rings is 1. The van der Waals surface area contributed by atoms with E-state index in [-0.39, 0.29) is 67.3 Å². The number of carbonyl (C=O) groups excluding carboxylic acids is 4. The van der Waals surface area contributed by atoms with Crippen molar-refractivity contribution in [2.75, 3.05) is 50.1 Å². The first-order valence-electron chi connectivity index (χ1n) is 20.2. The first kappa shape index (κ1) is 42.9. The number of aliphatic imine (C=N–C) groups is 1. The molecule has 0 aliphatic carbocycles. The van der Waals surface area contributed by atoms with E-state index in [0.717, 1.165) is 18.3 Å². The molecule has 2 fully saturated rings. The molecular formula is C43H47F4N9O5. The van der Waals surface area contributed by atoms with Gasteiger partial charge in [0.1, 0.15) is 11.6 Å². The van der Waals surface area contributed by atoms with Gasteiger partial charge in [0.15, 0.2) is 5.88 Å². The number of nitrogens with zero attached hydrogens (tertiary/aromatic N) is 4. The van der Waals surface area contributed by atoms with Gasteiger partial charge >= 0.3 is 0 Å². The van der Waals surface area contributed by atoms with Crippen LogP contribution >= 0.6 is 0 Å². The molecule has 1 aromatic heterocycles. The Morgan fingerprint density at radius 1 is 1.07 bits per heavy atom. The van der Waals surface area contributed by atoms with E-state index in [1.807, 2.05) is 6.92 Å². The highest BCUT2D eigenvalue weighted by Gasteiger charge is 2.45. The van der Waals surface area contributed by atoms with E-state index in [1.54, 1.807) is 43.1 Å². The van der Waals surface area contributed by atoms with Gasteiger partial charge in [-0.2, -0.15) is 4.99 Å². The van der Waals surface area contributed by atoms with Crippen molar-refractivity contribution in [1.82, 2.24) is 25.8 Å². The van der Waals surface area contributed by atoms with Crippen LogP contribution in [0.4, 0.5) is 28.9 Å². The quantitative estimate of drug-likeness (QED) is 0.114. The number of alkyl halides is 2. The summed E-state index contributed by atoms with van der Waals surface area (Å²) in [5.74, 6) is -8.26. The summed E-state index contributed by atoms with van der Waals surface area (Å²) in [6.45, 7) is 4.08. The lowest BCUT2D eigenvalue weighted by Crippen LogP contribution is -2.58. The van der Waals surface area contributed by atoms with Crippen LogP contribution in [0.1, 0.15) is 88.2 Å². The average Bonchev–Trinajstić information content (AvgIpc) is 3.54. The summed E-state index contributed by atoms with van der Waals surface area (Å²) in [6.07, 6.45) is 2.41. The van der Waals surface area contributed by atoms with E-state index in [4.69, 9.17) is 10.1 Å². The van der Waals surface area contributed by atoms with Crippen molar-refractivity contribution in [3.05, 3.63) is 93.6 Å². The number of ether oxygens (including phenoxy) is 1. The second-order valence-corrected chi connectivity index (χ2v) is 15.9. The number of allylic oxidation sites excluding steroid dienone is 1. The van der Waals surface area contributed by atoms with Crippen LogP contribution < -0.4 is 26.2 Å². The lowest BCUT2D eigenvalue weighted by molar-refractivity contribution is -0.134. The molecular weight excluding hydrogens is 799 g/mol. The van der Waals surface area contributed by atoms with E-state index in [1.165, 1.54) is 11.0 Å². The van der Waals surface area contributed by atoms with E-state index in [2.05, 4.69) is 31.2 Å². The summed E-state index contributed by atoms with van der Waals surface area (Å²) in [6, 6.07) is 8.57. The van der Waals surface area contributed by atoms with Gasteiger partial charge in [-0.15, -0.1) is 0 Å². The number of imide groups is 1. The highest BCUT2D eigenvalue weighted by Crippen LogP contribution is 2.36. The number of hydrogen-bond donors (Lipinski definition) is 5. The predicted molar refractivity (Wildman–Crippen MR) is 220 cm³/mol. The molecule has 0 radical (unpaired) electrons. The van der Waals surface area contributed by atoms with Crippen molar-refractivity contribution in [1.29, 1.82) is 5.41 Å². The van der Waals surface area contributed by atoms with Crippen molar-refractivity contribution in [2.45, 2.75) is 70.3 Å². The van der Waals surface area contributed by atoms with Crippen molar-refractivity contribution in [3.63, 3.8) is 0 Å². The van der Waals surface area contributed by atoms with Crippen LogP contribution in [0.25, 0.3) is 5.57 Å². The molecule has 3 atom stereocenters. The third-order valence-corrected chi connectivity index (χ3v) is 11.4. The Morgan fingerprint density at radius 3 is 2.54 bits per heavy atom. The molecule has 0 spiro atoms. The Labute approximate surface area is 349 Å². The summed E-state index contributed by atoms with van der Waals surface area (Å²) in [5.41, 5.74) is 2.57. The van der Waals surface area contributed by atoms with Crippen molar-refractivity contribution in [3.8, 4) is 0 Å². The molecule has 322 valence electrons. The molecule has 0 saturated carbocycles. The van der Waals surface area contributed by atoms with E-state index >= 15 is 17.6 Å². The fourth-order valence-electron chi connectivity index (χ4n) is 8.21. The molecule has 2 aromatic carbocycles. The Hall–Kier alpha value is -6.17. The van der Waals surface area contributed by atoms with Gasteiger partial charge in [0.2, 0.25) is 17.8 Å². The molecule has 4 aliphatic heterocycles. The van der Waals surface area contributed by atoms with Crippen LogP contribution in [0, 0.1) is 29.9 Å². The third kappa shape index (κ3) is 9.43. The number of hydrogen-bond acceptors (Lipinski definition) is 11. The molecule has 5 heterocycles. The predicted octanol–water partition coefficient (Wildman–Crippen LogP) is 5.28. The number of aryl methyl sites for hydroxylation is 1. The number of nitrogens with one attached hydrogen (secondary N) is 5. The van der Waals surface area contributed by atoms with Crippen LogP contribution in [-0.2, 0) is 20.7 Å². The molecule has 2 saturated heterocycles. The van der Waals surface area contributed by atoms with Crippen LogP contribution in [-0.4, -0.2) is 97.5 Å². The Kier molecular flexibility index (Phi) is 12.5. The lowest BCUT2D eigenvalue weighted by Gasteiger charge is -2.38. The number of likely N-dealkylation sites (tertiary alicyclic amines) is 1. The van der Waals surface area contributed by atoms with E-state index in [0.29, 0.717) is 60.2 Å². The number of anilines is 2. The Bertz CT molecular complexity index is 2310. The lowest BCUT2D eigenvalue weighted by atomic mass is 9.89. The zero-order chi connectivity index (χ0) is 43.6. The topological polar surface area (TPSA) is 181 Å². The minimum Gasteiger partial charge on any atom is -0.479 e. The fraction of sp³-hybridized carbons (Fsp3) is 0.419. The van der Waals surface area contributed by atoms with E-state index in [9.17, 15) is 19.2 Å². The molecule has 3 aromatic rings. The Morgan fingerprint density at radius 2 is 1.84 bits per heavy atom. The first-order valence-corrected chi connectivity index (χ1v) is 20.2. The van der Waals surface area contributed by atoms with Crippen LogP contribution in [0.15, 0.2) is 53.3 Å². The molecule has 61 heavy (non-hydrogen) atoms. The molecule has 0 unspecified atom stereocenters. The van der Waals surface area contributed by atoms with Gasteiger partial charge in [0, 0.05) is 61.7 Å². The number of piperidine rings is 2. The number of fused-ring (bicyclic) bond motifs is 5. The zero-order valence-corrected chi connectivity index (χ0v) is 34.0. The molecule has 2 bridgehead atoms. The van der Waals surface area contributed by atoms with Gasteiger partial charge < -0.3 is 31.0 Å². The molecule has 4 amide bonds. The number of benzene rings is 2. The second-order valence-electron chi connectivity index (χ2n) is 15.9.